The molecule has 4 rings (SSSR count). The minimum absolute atomic E-state index is 0.0316. The third-order valence-corrected chi connectivity index (χ3v) is 7.08. The highest BCUT2D eigenvalue weighted by Crippen LogP contribution is 2.34. The van der Waals surface area contributed by atoms with Gasteiger partial charge in [0, 0.05) is 24.4 Å². The molecular weight excluding hydrogens is 490 g/mol. The highest BCUT2D eigenvalue weighted by molar-refractivity contribution is 7.92. The molecule has 1 unspecified atom stereocenters. The summed E-state index contributed by atoms with van der Waals surface area (Å²) in [5, 5.41) is 2.59. The maximum Gasteiger partial charge on any atom is 0.501 e. The van der Waals surface area contributed by atoms with Crippen LogP contribution in [0.5, 0.6) is 0 Å². The fourth-order valence-corrected chi connectivity index (χ4v) is 4.56. The van der Waals surface area contributed by atoms with Crippen molar-refractivity contribution in [2.75, 3.05) is 4.90 Å². The van der Waals surface area contributed by atoms with Crippen molar-refractivity contribution in [2.24, 2.45) is 0 Å². The number of amides is 3. The highest BCUT2D eigenvalue weighted by Gasteiger charge is 2.49. The van der Waals surface area contributed by atoms with E-state index in [0.29, 0.717) is 28.8 Å². The van der Waals surface area contributed by atoms with E-state index >= 15 is 0 Å². The lowest BCUT2D eigenvalue weighted by Gasteiger charge is -2.23. The number of rotatable bonds is 5. The van der Waals surface area contributed by atoms with E-state index in [9.17, 15) is 35.6 Å². The Bertz CT molecular complexity index is 1410. The fourth-order valence-electron chi connectivity index (χ4n) is 3.79. The number of aromatic nitrogens is 1. The summed E-state index contributed by atoms with van der Waals surface area (Å²) in [7, 11) is -5.57. The van der Waals surface area contributed by atoms with Crippen LogP contribution in [0.3, 0.4) is 0 Å². The van der Waals surface area contributed by atoms with Gasteiger partial charge in [0.1, 0.15) is 11.4 Å². The zero-order valence-electron chi connectivity index (χ0n) is 18.0. The Morgan fingerprint density at radius 3 is 2.23 bits per heavy atom. The normalized spacial score (nSPS) is 18.6. The zero-order chi connectivity index (χ0) is 25.6. The third-order valence-electron chi connectivity index (χ3n) is 5.58. The summed E-state index contributed by atoms with van der Waals surface area (Å²) in [5.74, 6) is -1.11. The summed E-state index contributed by atoms with van der Waals surface area (Å²) in [6, 6.07) is 9.78. The van der Waals surface area contributed by atoms with Crippen LogP contribution < -0.4 is 10.2 Å². The van der Waals surface area contributed by atoms with Crippen molar-refractivity contribution in [3.05, 3.63) is 78.4 Å². The van der Waals surface area contributed by atoms with Crippen molar-refractivity contribution in [2.45, 2.75) is 29.3 Å². The van der Waals surface area contributed by atoms with Gasteiger partial charge < -0.3 is 5.32 Å². The smallest absolute Gasteiger partial charge is 0.323 e. The quantitative estimate of drug-likeness (QED) is 0.412. The monoisotopic (exact) mass is 507 g/mol. The van der Waals surface area contributed by atoms with Crippen LogP contribution in [0.2, 0.25) is 0 Å². The Morgan fingerprint density at radius 2 is 1.63 bits per heavy atom. The lowest BCUT2D eigenvalue weighted by molar-refractivity contribution is -0.121. The second-order valence-corrected chi connectivity index (χ2v) is 10.0. The summed E-state index contributed by atoms with van der Waals surface area (Å²) < 4.78 is 74.9. The van der Waals surface area contributed by atoms with E-state index in [0.717, 1.165) is 17.0 Å². The summed E-state index contributed by atoms with van der Waals surface area (Å²) in [6.45, 7) is 1.49. The van der Waals surface area contributed by atoms with Crippen molar-refractivity contribution in [1.29, 1.82) is 0 Å². The lowest BCUT2D eigenvalue weighted by Crippen LogP contribution is -2.46. The van der Waals surface area contributed by atoms with Crippen LogP contribution in [-0.4, -0.2) is 36.4 Å². The van der Waals surface area contributed by atoms with E-state index in [1.54, 1.807) is 24.4 Å². The molecule has 0 aliphatic carbocycles. The van der Waals surface area contributed by atoms with Crippen LogP contribution >= 0.6 is 0 Å². The number of hydrogen-bond acceptors (Lipinski definition) is 5. The van der Waals surface area contributed by atoms with E-state index in [-0.39, 0.29) is 12.1 Å². The maximum atomic E-state index is 13.3. The molecule has 0 saturated carbocycles. The number of imide groups is 1. The Morgan fingerprint density at radius 1 is 1.00 bits per heavy atom. The molecule has 7 nitrogen and oxygen atoms in total. The molecule has 1 aliphatic rings. The first kappa shape index (κ1) is 24.3. The van der Waals surface area contributed by atoms with Crippen molar-refractivity contribution in [3.63, 3.8) is 0 Å². The van der Waals surface area contributed by atoms with E-state index < -0.39 is 43.5 Å². The second-order valence-electron chi connectivity index (χ2n) is 8.06. The molecule has 35 heavy (non-hydrogen) atoms. The summed E-state index contributed by atoms with van der Waals surface area (Å²) in [4.78, 5) is 29.7. The number of carbonyl (C=O) groups is 2. The average Bonchev–Trinajstić information content (AvgIpc) is 3.02. The molecule has 1 saturated heterocycles. The molecule has 12 heteroatoms. The van der Waals surface area contributed by atoms with Crippen LogP contribution in [0.1, 0.15) is 12.5 Å². The molecular formula is C23H17F4N3O4S. The molecule has 0 radical (unpaired) electrons. The van der Waals surface area contributed by atoms with Gasteiger partial charge in [-0.1, -0.05) is 12.1 Å². The largest absolute Gasteiger partial charge is 0.501 e. The Balaban J connectivity index is 1.63. The molecule has 2 aromatic carbocycles. The number of nitrogens with one attached hydrogen (secondary N) is 1. The lowest BCUT2D eigenvalue weighted by atomic mass is 9.89. The number of sulfone groups is 1. The molecule has 182 valence electrons. The summed E-state index contributed by atoms with van der Waals surface area (Å²) >= 11 is 0. The SMILES string of the molecule is CC1(Cc2ccncc2-c2ccc(F)cc2)NC(=O)N(c2ccc(S(=O)(=O)C(F)(F)F)cc2)C1=O. The number of anilines is 1. The van der Waals surface area contributed by atoms with Gasteiger partial charge in [0.25, 0.3) is 15.7 Å². The van der Waals surface area contributed by atoms with E-state index in [1.807, 2.05) is 0 Å². The van der Waals surface area contributed by atoms with Gasteiger partial charge in [-0.25, -0.2) is 22.5 Å². The second kappa shape index (κ2) is 8.45. The van der Waals surface area contributed by atoms with Gasteiger partial charge in [-0.3, -0.25) is 9.78 Å². The van der Waals surface area contributed by atoms with E-state index in [2.05, 4.69) is 10.3 Å². The topological polar surface area (TPSA) is 96.4 Å². The van der Waals surface area contributed by atoms with Gasteiger partial charge in [0.15, 0.2) is 0 Å². The first-order valence-corrected chi connectivity index (χ1v) is 11.6. The summed E-state index contributed by atoms with van der Waals surface area (Å²) in [6.07, 6.45) is 3.08. The van der Waals surface area contributed by atoms with Crippen molar-refractivity contribution in [3.8, 4) is 11.1 Å². The summed E-state index contributed by atoms with van der Waals surface area (Å²) in [5.41, 5.74) is -5.10. The highest BCUT2D eigenvalue weighted by atomic mass is 32.2. The van der Waals surface area contributed by atoms with Gasteiger partial charge in [0.2, 0.25) is 0 Å². The molecule has 3 amide bonds. The number of benzene rings is 2. The maximum absolute atomic E-state index is 13.3. The molecule has 1 N–H and O–H groups in total. The van der Waals surface area contributed by atoms with Crippen LogP contribution in [-0.2, 0) is 21.1 Å². The van der Waals surface area contributed by atoms with Gasteiger partial charge >= 0.3 is 11.5 Å². The molecule has 1 atom stereocenters. The Hall–Kier alpha value is -3.80. The van der Waals surface area contributed by atoms with Gasteiger partial charge in [-0.05, 0) is 60.5 Å². The van der Waals surface area contributed by atoms with Gasteiger partial charge in [-0.15, -0.1) is 0 Å². The van der Waals surface area contributed by atoms with Crippen LogP contribution in [0.15, 0.2) is 71.9 Å². The Kier molecular flexibility index (Phi) is 5.87. The van der Waals surface area contributed by atoms with Crippen LogP contribution in [0.4, 0.5) is 28.0 Å². The standard InChI is InChI=1S/C23H17F4N3O4S/c1-22(12-15-10-11-28-13-19(15)14-2-4-16(24)5-3-14)20(31)30(21(32)29-22)17-6-8-18(9-7-17)35(33,34)23(25,26)27/h2-11,13H,12H2,1H3,(H,29,32). The average molecular weight is 507 g/mol. The zero-order valence-corrected chi connectivity index (χ0v) is 18.8. The van der Waals surface area contributed by atoms with Gasteiger partial charge in [0.05, 0.1) is 10.6 Å². The molecule has 1 fully saturated rings. The van der Waals surface area contributed by atoms with Crippen molar-refractivity contribution < 1.29 is 35.6 Å². The number of alkyl halides is 3. The predicted octanol–water partition coefficient (Wildman–Crippen LogP) is 4.24. The third kappa shape index (κ3) is 4.36. The van der Waals surface area contributed by atoms with Gasteiger partial charge in [-0.2, -0.15) is 13.2 Å². The number of hydrogen-bond donors (Lipinski definition) is 1. The predicted molar refractivity (Wildman–Crippen MR) is 117 cm³/mol. The van der Waals surface area contributed by atoms with Crippen LogP contribution in [0, 0.1) is 5.82 Å². The molecule has 3 aromatic rings. The molecule has 1 aliphatic heterocycles. The Labute approximate surface area is 197 Å². The number of pyridine rings is 1. The number of carbonyl (C=O) groups excluding carboxylic acids is 2. The molecule has 0 bridgehead atoms. The van der Waals surface area contributed by atoms with E-state index in [4.69, 9.17) is 0 Å². The first-order valence-electron chi connectivity index (χ1n) is 10.1. The number of nitrogens with zero attached hydrogens (tertiary/aromatic N) is 2. The van der Waals surface area contributed by atoms with Crippen molar-refractivity contribution >= 4 is 27.5 Å². The fraction of sp³-hybridized carbons (Fsp3) is 0.174. The van der Waals surface area contributed by atoms with E-state index in [1.165, 1.54) is 25.3 Å². The molecule has 2 heterocycles. The number of urea groups is 1. The minimum atomic E-state index is -5.57. The van der Waals surface area contributed by atoms with Crippen LogP contribution in [0.25, 0.3) is 11.1 Å². The van der Waals surface area contributed by atoms with Crippen molar-refractivity contribution in [1.82, 2.24) is 10.3 Å². The minimum Gasteiger partial charge on any atom is -0.323 e. The molecule has 1 aromatic heterocycles. The first-order chi connectivity index (χ1) is 16.3. The number of halogens is 4. The molecule has 0 spiro atoms.